The van der Waals surface area contributed by atoms with Crippen molar-refractivity contribution in [3.8, 4) is 11.5 Å². The number of thioether (sulfide) groups is 1. The number of hydrogen-bond donors (Lipinski definition) is 0. The van der Waals surface area contributed by atoms with Gasteiger partial charge in [-0.2, -0.15) is 5.10 Å². The van der Waals surface area contributed by atoms with Gasteiger partial charge < -0.3 is 9.47 Å². The fourth-order valence-electron chi connectivity index (χ4n) is 3.76. The van der Waals surface area contributed by atoms with Gasteiger partial charge >= 0.3 is 0 Å². The second-order valence-corrected chi connectivity index (χ2v) is 8.43. The van der Waals surface area contributed by atoms with Crippen LogP contribution in [0, 0.1) is 12.7 Å². The molecule has 0 aliphatic carbocycles. The first kappa shape index (κ1) is 20.6. The van der Waals surface area contributed by atoms with E-state index in [-0.39, 0.29) is 18.2 Å². The number of aryl methyl sites for hydroxylation is 2. The van der Waals surface area contributed by atoms with Crippen molar-refractivity contribution in [2.75, 3.05) is 6.79 Å². The minimum atomic E-state index is -0.288. The van der Waals surface area contributed by atoms with Gasteiger partial charge in [-0.25, -0.2) is 9.37 Å². The third-order valence-corrected chi connectivity index (χ3v) is 6.36. The molecule has 32 heavy (non-hydrogen) atoms. The normalized spacial score (nSPS) is 12.6. The Hall–Kier alpha value is -3.33. The zero-order chi connectivity index (χ0) is 22.2. The smallest absolute Gasteiger partial charge is 0.280 e. The number of aromatic nitrogens is 4. The standard InChI is InChI=1S/C23H21FN4O3S/c1-3-28-21-20(14(2)26-28)25-23(32-12-16-5-4-6-17(24)9-16)27(22(21)29)11-15-7-8-18-19(10-15)31-13-30-18/h4-10H,3,11-13H2,1-2H3. The van der Waals surface area contributed by atoms with E-state index >= 15 is 0 Å². The van der Waals surface area contributed by atoms with Crippen LogP contribution in [-0.4, -0.2) is 26.1 Å². The van der Waals surface area contributed by atoms with Crippen molar-refractivity contribution < 1.29 is 13.9 Å². The van der Waals surface area contributed by atoms with Gasteiger partial charge in [-0.05, 0) is 49.2 Å². The van der Waals surface area contributed by atoms with Crippen LogP contribution in [0.1, 0.15) is 23.7 Å². The van der Waals surface area contributed by atoms with Crippen molar-refractivity contribution in [1.82, 2.24) is 19.3 Å². The molecule has 0 N–H and O–H groups in total. The first-order chi connectivity index (χ1) is 15.5. The summed E-state index contributed by atoms with van der Waals surface area (Å²) in [6, 6.07) is 12.1. The number of fused-ring (bicyclic) bond motifs is 2. The zero-order valence-electron chi connectivity index (χ0n) is 17.7. The molecule has 1 aliphatic heterocycles. The van der Waals surface area contributed by atoms with Gasteiger partial charge in [-0.1, -0.05) is 30.0 Å². The fraction of sp³-hybridized carbons (Fsp3) is 0.261. The van der Waals surface area contributed by atoms with Gasteiger partial charge in [0, 0.05) is 12.3 Å². The summed E-state index contributed by atoms with van der Waals surface area (Å²) >= 11 is 1.40. The molecule has 5 rings (SSSR count). The maximum absolute atomic E-state index is 13.6. The van der Waals surface area contributed by atoms with E-state index in [2.05, 4.69) is 5.10 Å². The first-order valence-electron chi connectivity index (χ1n) is 10.3. The number of halogens is 1. The summed E-state index contributed by atoms with van der Waals surface area (Å²) in [7, 11) is 0. The van der Waals surface area contributed by atoms with E-state index in [9.17, 15) is 9.18 Å². The molecule has 9 heteroatoms. The van der Waals surface area contributed by atoms with Crippen molar-refractivity contribution in [2.45, 2.75) is 37.8 Å². The zero-order valence-corrected chi connectivity index (χ0v) is 18.5. The monoisotopic (exact) mass is 452 g/mol. The van der Waals surface area contributed by atoms with Crippen LogP contribution in [0.3, 0.4) is 0 Å². The Kier molecular flexibility index (Phi) is 5.34. The molecule has 0 bridgehead atoms. The molecule has 0 unspecified atom stereocenters. The van der Waals surface area contributed by atoms with Crippen LogP contribution in [0.25, 0.3) is 11.0 Å². The molecule has 0 radical (unpaired) electrons. The van der Waals surface area contributed by atoms with Crippen molar-refractivity contribution in [3.63, 3.8) is 0 Å². The van der Waals surface area contributed by atoms with E-state index in [1.807, 2.05) is 38.1 Å². The van der Waals surface area contributed by atoms with Crippen LogP contribution in [-0.2, 0) is 18.8 Å². The fourth-order valence-corrected chi connectivity index (χ4v) is 4.70. The highest BCUT2D eigenvalue weighted by Crippen LogP contribution is 2.33. The Morgan fingerprint density at radius 3 is 2.78 bits per heavy atom. The lowest BCUT2D eigenvalue weighted by Gasteiger charge is -2.13. The molecular formula is C23H21FN4O3S. The van der Waals surface area contributed by atoms with Gasteiger partial charge in [0.2, 0.25) is 6.79 Å². The summed E-state index contributed by atoms with van der Waals surface area (Å²) in [5, 5.41) is 5.04. The van der Waals surface area contributed by atoms with Gasteiger partial charge in [-0.15, -0.1) is 0 Å². The summed E-state index contributed by atoms with van der Waals surface area (Å²) in [5.41, 5.74) is 3.35. The molecule has 164 valence electrons. The predicted molar refractivity (Wildman–Crippen MR) is 120 cm³/mol. The number of benzene rings is 2. The Morgan fingerprint density at radius 2 is 1.97 bits per heavy atom. The highest BCUT2D eigenvalue weighted by atomic mass is 32.2. The average molecular weight is 453 g/mol. The lowest BCUT2D eigenvalue weighted by atomic mass is 10.2. The Bertz CT molecular complexity index is 1380. The summed E-state index contributed by atoms with van der Waals surface area (Å²) in [6.07, 6.45) is 0. The van der Waals surface area contributed by atoms with E-state index in [0.717, 1.165) is 11.1 Å². The number of hydrogen-bond acceptors (Lipinski definition) is 6. The lowest BCUT2D eigenvalue weighted by molar-refractivity contribution is 0.174. The topological polar surface area (TPSA) is 71.2 Å². The second-order valence-electron chi connectivity index (χ2n) is 7.49. The molecule has 0 atom stereocenters. The van der Waals surface area contributed by atoms with Crippen LogP contribution in [0.5, 0.6) is 11.5 Å². The minimum absolute atomic E-state index is 0.156. The van der Waals surface area contributed by atoms with Gasteiger partial charge in [0.25, 0.3) is 5.56 Å². The SMILES string of the molecule is CCn1nc(C)c2nc(SCc3cccc(F)c3)n(Cc3ccc4c(c3)OCO4)c(=O)c21. The van der Waals surface area contributed by atoms with Crippen LogP contribution in [0.2, 0.25) is 0 Å². The van der Waals surface area contributed by atoms with Crippen molar-refractivity contribution in [2.24, 2.45) is 0 Å². The summed E-state index contributed by atoms with van der Waals surface area (Å²) < 4.78 is 27.8. The Labute approximate surface area is 187 Å². The van der Waals surface area contributed by atoms with Crippen LogP contribution >= 0.6 is 11.8 Å². The summed E-state index contributed by atoms with van der Waals surface area (Å²) in [6.45, 7) is 4.87. The number of ether oxygens (including phenoxy) is 2. The quantitative estimate of drug-likeness (QED) is 0.324. The van der Waals surface area contributed by atoms with Gasteiger partial charge in [0.1, 0.15) is 11.3 Å². The minimum Gasteiger partial charge on any atom is -0.454 e. The van der Waals surface area contributed by atoms with Gasteiger partial charge in [-0.3, -0.25) is 14.0 Å². The van der Waals surface area contributed by atoms with E-state index in [0.29, 0.717) is 52.2 Å². The summed E-state index contributed by atoms with van der Waals surface area (Å²) in [5.74, 6) is 1.55. The predicted octanol–water partition coefficient (Wildman–Crippen LogP) is 4.13. The van der Waals surface area contributed by atoms with Crippen LogP contribution in [0.15, 0.2) is 52.4 Å². The van der Waals surface area contributed by atoms with E-state index < -0.39 is 0 Å². The molecule has 2 aromatic heterocycles. The maximum atomic E-state index is 13.6. The molecule has 0 saturated carbocycles. The third-order valence-electron chi connectivity index (χ3n) is 5.32. The third kappa shape index (κ3) is 3.73. The van der Waals surface area contributed by atoms with Crippen molar-refractivity contribution >= 4 is 22.8 Å². The molecule has 1 aliphatic rings. The van der Waals surface area contributed by atoms with Crippen LogP contribution < -0.4 is 15.0 Å². The van der Waals surface area contributed by atoms with Crippen LogP contribution in [0.4, 0.5) is 4.39 Å². The lowest BCUT2D eigenvalue weighted by Crippen LogP contribution is -2.25. The molecule has 0 saturated heterocycles. The largest absolute Gasteiger partial charge is 0.454 e. The molecule has 2 aromatic carbocycles. The van der Waals surface area contributed by atoms with E-state index in [1.54, 1.807) is 15.3 Å². The maximum Gasteiger partial charge on any atom is 0.280 e. The molecule has 0 spiro atoms. The highest BCUT2D eigenvalue weighted by molar-refractivity contribution is 7.98. The van der Waals surface area contributed by atoms with Gasteiger partial charge in [0.05, 0.1) is 12.2 Å². The van der Waals surface area contributed by atoms with E-state index in [1.165, 1.54) is 23.9 Å². The molecule has 0 fully saturated rings. The Balaban J connectivity index is 1.58. The molecular weight excluding hydrogens is 431 g/mol. The van der Waals surface area contributed by atoms with Crippen molar-refractivity contribution in [1.29, 1.82) is 0 Å². The van der Waals surface area contributed by atoms with Crippen molar-refractivity contribution in [3.05, 3.63) is 75.5 Å². The second kappa shape index (κ2) is 8.31. The first-order valence-corrected chi connectivity index (χ1v) is 11.3. The molecule has 4 aromatic rings. The molecule has 3 heterocycles. The highest BCUT2D eigenvalue weighted by Gasteiger charge is 2.20. The number of nitrogens with zero attached hydrogens (tertiary/aromatic N) is 4. The molecule has 7 nitrogen and oxygen atoms in total. The van der Waals surface area contributed by atoms with Gasteiger partial charge in [0.15, 0.2) is 22.2 Å². The summed E-state index contributed by atoms with van der Waals surface area (Å²) in [4.78, 5) is 18.4. The average Bonchev–Trinajstić information content (AvgIpc) is 3.38. The molecule has 0 amide bonds. The Morgan fingerprint density at radius 1 is 1.12 bits per heavy atom. The number of rotatable bonds is 6. The van der Waals surface area contributed by atoms with E-state index in [4.69, 9.17) is 14.5 Å².